The molecule has 198 valence electrons. The fourth-order valence-electron chi connectivity index (χ4n) is 4.24. The molecule has 1 saturated heterocycles. The molecular weight excluding hydrogens is 472 g/mol. The summed E-state index contributed by atoms with van der Waals surface area (Å²) in [6.45, 7) is 5.24. The normalized spacial score (nSPS) is 15.9. The maximum absolute atomic E-state index is 12.9. The van der Waals surface area contributed by atoms with Gasteiger partial charge in [-0.3, -0.25) is 0 Å². The Kier molecular flexibility index (Phi) is 12.6. The quantitative estimate of drug-likeness (QED) is 0.372. The Hall–Kier alpha value is -2.07. The summed E-state index contributed by atoms with van der Waals surface area (Å²) in [5.74, 6) is 0.556. The summed E-state index contributed by atoms with van der Waals surface area (Å²) in [6, 6.07) is 5.57. The number of nitrogens with zero attached hydrogens (tertiary/aromatic N) is 2. The van der Waals surface area contributed by atoms with Crippen molar-refractivity contribution in [2.45, 2.75) is 44.8 Å². The molecule has 1 fully saturated rings. The molecule has 0 aromatic heterocycles. The van der Waals surface area contributed by atoms with Crippen LogP contribution in [-0.4, -0.2) is 93.7 Å². The lowest BCUT2D eigenvalue weighted by atomic mass is 9.92. The smallest absolute Gasteiger partial charge is 0.407 e. The zero-order valence-electron chi connectivity index (χ0n) is 21.4. The van der Waals surface area contributed by atoms with E-state index in [9.17, 15) is 9.59 Å². The van der Waals surface area contributed by atoms with E-state index >= 15 is 0 Å². The van der Waals surface area contributed by atoms with Gasteiger partial charge in [0.05, 0.1) is 12.7 Å². The molecule has 2 rings (SSSR count). The second-order valence-electron chi connectivity index (χ2n) is 9.27. The summed E-state index contributed by atoms with van der Waals surface area (Å²) >= 11 is 6.24. The topological polar surface area (TPSA) is 103 Å². The van der Waals surface area contributed by atoms with E-state index in [1.54, 1.807) is 11.9 Å². The first-order valence-electron chi connectivity index (χ1n) is 12.3. The molecular formula is C25H41ClN4O5. The highest BCUT2D eigenvalue weighted by Gasteiger charge is 2.23. The van der Waals surface area contributed by atoms with Crippen LogP contribution in [0.2, 0.25) is 5.02 Å². The lowest BCUT2D eigenvalue weighted by molar-refractivity contribution is 0.0314. The van der Waals surface area contributed by atoms with Gasteiger partial charge in [0.25, 0.3) is 0 Å². The van der Waals surface area contributed by atoms with Crippen LogP contribution in [-0.2, 0) is 9.47 Å². The molecule has 1 aliphatic rings. The van der Waals surface area contributed by atoms with Crippen molar-refractivity contribution in [2.75, 3.05) is 60.6 Å². The summed E-state index contributed by atoms with van der Waals surface area (Å²) < 4.78 is 11.5. The molecule has 0 spiro atoms. The van der Waals surface area contributed by atoms with E-state index in [0.717, 1.165) is 43.6 Å². The predicted molar refractivity (Wildman–Crippen MR) is 137 cm³/mol. The Labute approximate surface area is 214 Å². The minimum Gasteiger partial charge on any atom is -0.465 e. The highest BCUT2D eigenvalue weighted by Crippen LogP contribution is 2.28. The molecule has 3 amide bonds. The molecule has 1 aromatic rings. The first kappa shape index (κ1) is 29.2. The summed E-state index contributed by atoms with van der Waals surface area (Å²) in [5, 5.41) is 16.0. The summed E-state index contributed by atoms with van der Waals surface area (Å²) in [6.07, 6.45) is 2.22. The summed E-state index contributed by atoms with van der Waals surface area (Å²) in [7, 11) is 5.18. The lowest BCUT2D eigenvalue weighted by Crippen LogP contribution is -2.48. The largest absolute Gasteiger partial charge is 0.465 e. The molecule has 35 heavy (non-hydrogen) atoms. The van der Waals surface area contributed by atoms with Gasteiger partial charge in [-0.25, -0.2) is 9.59 Å². The fourth-order valence-corrected chi connectivity index (χ4v) is 4.42. The van der Waals surface area contributed by atoms with Crippen molar-refractivity contribution in [3.05, 3.63) is 34.3 Å². The van der Waals surface area contributed by atoms with Crippen LogP contribution >= 0.6 is 11.6 Å². The van der Waals surface area contributed by atoms with Crippen molar-refractivity contribution < 1.29 is 24.2 Å². The number of rotatable bonds is 13. The second-order valence-corrected chi connectivity index (χ2v) is 9.71. The van der Waals surface area contributed by atoms with Crippen LogP contribution in [0.25, 0.3) is 0 Å². The number of carbonyl (C=O) groups excluding carboxylic acids is 1. The number of carbonyl (C=O) groups is 2. The van der Waals surface area contributed by atoms with Crippen LogP contribution in [0, 0.1) is 12.8 Å². The molecule has 9 nitrogen and oxygen atoms in total. The molecule has 0 bridgehead atoms. The molecule has 3 N–H and O–H groups in total. The van der Waals surface area contributed by atoms with Crippen molar-refractivity contribution in [1.29, 1.82) is 0 Å². The molecule has 0 saturated carbocycles. The molecule has 0 radical (unpaired) electrons. The summed E-state index contributed by atoms with van der Waals surface area (Å²) in [5.41, 5.74) is 1.97. The standard InChI is InChI=1S/C25H41ClN4O5/c1-18-5-6-20(26)16-22(18)23(35-14-11-30(4)25(32)33)7-10-29(3)24(31)28-21(17-27-2)15-19-8-12-34-13-9-19/h5-6,16,19,21,23,27H,7-15,17H2,1-4H3,(H,28,31)(H,32,33)/t21-,23+/m0/s1. The lowest BCUT2D eigenvalue weighted by Gasteiger charge is -2.29. The third kappa shape index (κ3) is 10.2. The van der Waals surface area contributed by atoms with Gasteiger partial charge in [-0.15, -0.1) is 0 Å². The fraction of sp³-hybridized carbons (Fsp3) is 0.680. The SMILES string of the molecule is CNC[C@H](CC1CCOCC1)NC(=O)N(C)CC[C@@H](OCCN(C)C(=O)O)c1cc(Cl)ccc1C. The van der Waals surface area contributed by atoms with E-state index in [1.807, 2.05) is 32.2 Å². The van der Waals surface area contributed by atoms with E-state index in [0.29, 0.717) is 30.5 Å². The monoisotopic (exact) mass is 512 g/mol. The van der Waals surface area contributed by atoms with Gasteiger partial charge >= 0.3 is 12.1 Å². The average Bonchev–Trinajstić information content (AvgIpc) is 2.83. The number of halogens is 1. The van der Waals surface area contributed by atoms with Crippen molar-refractivity contribution in [3.8, 4) is 0 Å². The van der Waals surface area contributed by atoms with Crippen LogP contribution in [0.3, 0.4) is 0 Å². The Morgan fingerprint density at radius 3 is 2.60 bits per heavy atom. The van der Waals surface area contributed by atoms with Crippen molar-refractivity contribution in [1.82, 2.24) is 20.4 Å². The zero-order chi connectivity index (χ0) is 25.8. The number of amides is 3. The molecule has 0 aliphatic carbocycles. The van der Waals surface area contributed by atoms with E-state index in [4.69, 9.17) is 26.2 Å². The number of carboxylic acid groups (broad SMARTS) is 1. The van der Waals surface area contributed by atoms with Gasteiger partial charge < -0.3 is 35.0 Å². The van der Waals surface area contributed by atoms with E-state index in [1.165, 1.54) is 11.9 Å². The van der Waals surface area contributed by atoms with Crippen molar-refractivity contribution in [2.24, 2.45) is 5.92 Å². The zero-order valence-corrected chi connectivity index (χ0v) is 22.1. The third-order valence-corrected chi connectivity index (χ3v) is 6.71. The molecule has 1 heterocycles. The Morgan fingerprint density at radius 2 is 1.94 bits per heavy atom. The second kappa shape index (κ2) is 15.1. The van der Waals surface area contributed by atoms with Gasteiger partial charge in [-0.1, -0.05) is 17.7 Å². The Morgan fingerprint density at radius 1 is 1.23 bits per heavy atom. The average molecular weight is 513 g/mol. The van der Waals surface area contributed by atoms with Gasteiger partial charge in [0.15, 0.2) is 0 Å². The van der Waals surface area contributed by atoms with Gasteiger partial charge in [0.1, 0.15) is 0 Å². The number of hydrogen-bond donors (Lipinski definition) is 3. The minimum atomic E-state index is -1.00. The van der Waals surface area contributed by atoms with Gasteiger partial charge in [-0.2, -0.15) is 0 Å². The molecule has 0 unspecified atom stereocenters. The minimum absolute atomic E-state index is 0.0480. The van der Waals surface area contributed by atoms with Gasteiger partial charge in [-0.05, 0) is 68.8 Å². The maximum Gasteiger partial charge on any atom is 0.407 e. The van der Waals surface area contributed by atoms with Crippen LogP contribution < -0.4 is 10.6 Å². The van der Waals surface area contributed by atoms with Crippen molar-refractivity contribution >= 4 is 23.7 Å². The number of benzene rings is 1. The number of aryl methyl sites for hydroxylation is 1. The molecule has 1 aromatic carbocycles. The Balaban J connectivity index is 1.97. The van der Waals surface area contributed by atoms with E-state index in [-0.39, 0.29) is 31.3 Å². The number of hydrogen-bond acceptors (Lipinski definition) is 5. The Bertz CT molecular complexity index is 806. The number of nitrogens with one attached hydrogen (secondary N) is 2. The van der Waals surface area contributed by atoms with Crippen LogP contribution in [0.4, 0.5) is 9.59 Å². The van der Waals surface area contributed by atoms with Crippen LogP contribution in [0.5, 0.6) is 0 Å². The third-order valence-electron chi connectivity index (χ3n) is 6.47. The maximum atomic E-state index is 12.9. The number of likely N-dealkylation sites (N-methyl/N-ethyl adjacent to an activating group) is 2. The number of urea groups is 1. The molecule has 2 atom stereocenters. The highest BCUT2D eigenvalue weighted by molar-refractivity contribution is 6.30. The van der Waals surface area contributed by atoms with Gasteiger partial charge in [0, 0.05) is 58.0 Å². The van der Waals surface area contributed by atoms with Crippen molar-refractivity contribution in [3.63, 3.8) is 0 Å². The molecule has 10 heteroatoms. The van der Waals surface area contributed by atoms with Crippen LogP contribution in [0.15, 0.2) is 18.2 Å². The van der Waals surface area contributed by atoms with E-state index < -0.39 is 6.09 Å². The predicted octanol–water partition coefficient (Wildman–Crippen LogP) is 3.75. The van der Waals surface area contributed by atoms with E-state index in [2.05, 4.69) is 10.6 Å². The highest BCUT2D eigenvalue weighted by atomic mass is 35.5. The molecule has 1 aliphatic heterocycles. The summed E-state index contributed by atoms with van der Waals surface area (Å²) in [4.78, 5) is 26.9. The first-order valence-corrected chi connectivity index (χ1v) is 12.6. The first-order chi connectivity index (χ1) is 16.7. The van der Waals surface area contributed by atoms with Crippen LogP contribution in [0.1, 0.15) is 42.9 Å². The van der Waals surface area contributed by atoms with Gasteiger partial charge in [0.2, 0.25) is 0 Å². The number of ether oxygens (including phenoxy) is 2.